The molecule has 0 saturated carbocycles. The second kappa shape index (κ2) is 13.4. The second-order valence-electron chi connectivity index (χ2n) is 16.0. The van der Waals surface area contributed by atoms with E-state index in [1.54, 1.807) is 0 Å². The van der Waals surface area contributed by atoms with E-state index in [9.17, 15) is 5.26 Å². The molecule has 7 aromatic rings. The first-order chi connectivity index (χ1) is 27.9. The lowest BCUT2D eigenvalue weighted by Gasteiger charge is -2.47. The van der Waals surface area contributed by atoms with Crippen LogP contribution in [0.2, 0.25) is 0 Å². The maximum absolute atomic E-state index is 9.72. The predicted octanol–water partition coefficient (Wildman–Crippen LogP) is 12.7. The Labute approximate surface area is 335 Å². The number of hydrogen-bond donors (Lipinski definition) is 0. The molecule has 0 unspecified atom stereocenters. The molecule has 10 rings (SSSR count). The molecule has 0 radical (unpaired) electrons. The van der Waals surface area contributed by atoms with E-state index in [0.717, 1.165) is 46.5 Å². The van der Waals surface area contributed by atoms with E-state index >= 15 is 0 Å². The van der Waals surface area contributed by atoms with E-state index in [4.69, 9.17) is 9.98 Å². The molecule has 3 aliphatic rings. The number of hydrogen-bond acceptors (Lipinski definition) is 3. The molecule has 2 aliphatic carbocycles. The molecule has 0 N–H and O–H groups in total. The number of benzene rings is 7. The van der Waals surface area contributed by atoms with Crippen LogP contribution in [0.4, 0.5) is 0 Å². The summed E-state index contributed by atoms with van der Waals surface area (Å²) in [7, 11) is 0. The monoisotopic (exact) mass is 731 g/mol. The smallest absolute Gasteiger partial charge is 0.160 e. The molecule has 0 aromatic heterocycles. The number of allylic oxidation sites excluding steroid dienone is 1. The minimum Gasteiger partial charge on any atom is -0.232 e. The Morgan fingerprint density at radius 1 is 0.491 bits per heavy atom. The molecule has 1 heterocycles. The highest BCUT2D eigenvalue weighted by molar-refractivity contribution is 6.14. The molecular weight excluding hydrogens is 691 g/mol. The Kier molecular flexibility index (Phi) is 8.13. The molecule has 0 amide bonds. The van der Waals surface area contributed by atoms with Gasteiger partial charge < -0.3 is 0 Å². The standard InChI is InChI=1S/C54H41N3/c1-35-27-32-49(38-16-5-4-6-17-38)56-52(57-51(35)40-18-13-15-36(33-40)34-55)39-30-28-37(29-31-39)41-21-14-26-48-50(41)53(2,3)46-24-11-12-25-47(46)54(48)44-22-9-7-19-42(44)43-20-8-10-23-45(43)54/h4-26,28-31,33H,27,32H2,1-3H3/b51-35+,56-49?,57-52?. The molecule has 7 aromatic carbocycles. The summed E-state index contributed by atoms with van der Waals surface area (Å²) in [5.74, 6) is 0.666. The van der Waals surface area contributed by atoms with Crippen LogP contribution in [-0.2, 0) is 10.8 Å². The van der Waals surface area contributed by atoms with Crippen molar-refractivity contribution in [1.82, 2.24) is 0 Å². The summed E-state index contributed by atoms with van der Waals surface area (Å²) >= 11 is 0. The molecule has 3 nitrogen and oxygen atoms in total. The van der Waals surface area contributed by atoms with Crippen molar-refractivity contribution in [3.05, 3.63) is 231 Å². The quantitative estimate of drug-likeness (QED) is 0.178. The molecule has 1 aliphatic heterocycles. The van der Waals surface area contributed by atoms with Crippen LogP contribution in [0.3, 0.4) is 0 Å². The molecule has 0 bridgehead atoms. The lowest BCUT2D eigenvalue weighted by molar-refractivity contribution is 0.565. The van der Waals surface area contributed by atoms with Crippen LogP contribution < -0.4 is 0 Å². The van der Waals surface area contributed by atoms with Gasteiger partial charge in [-0.05, 0) is 98.7 Å². The number of nitriles is 1. The van der Waals surface area contributed by atoms with Gasteiger partial charge in [0.15, 0.2) is 5.84 Å². The van der Waals surface area contributed by atoms with Crippen LogP contribution in [-0.4, -0.2) is 11.5 Å². The van der Waals surface area contributed by atoms with Crippen LogP contribution in [0.25, 0.3) is 28.0 Å². The van der Waals surface area contributed by atoms with E-state index in [1.165, 1.54) is 55.6 Å². The van der Waals surface area contributed by atoms with Gasteiger partial charge in [0.05, 0.1) is 28.5 Å². The van der Waals surface area contributed by atoms with Gasteiger partial charge >= 0.3 is 0 Å². The van der Waals surface area contributed by atoms with Crippen molar-refractivity contribution in [1.29, 1.82) is 5.26 Å². The third-order valence-electron chi connectivity index (χ3n) is 12.5. The minimum absolute atomic E-state index is 0.271. The summed E-state index contributed by atoms with van der Waals surface area (Å²) in [6.45, 7) is 6.93. The lowest BCUT2D eigenvalue weighted by atomic mass is 9.54. The zero-order valence-electron chi connectivity index (χ0n) is 32.4. The summed E-state index contributed by atoms with van der Waals surface area (Å²) in [4.78, 5) is 10.6. The van der Waals surface area contributed by atoms with Gasteiger partial charge in [-0.1, -0.05) is 172 Å². The summed E-state index contributed by atoms with van der Waals surface area (Å²) in [5, 5.41) is 9.72. The number of fused-ring (bicyclic) bond motifs is 9. The largest absolute Gasteiger partial charge is 0.232 e. The van der Waals surface area contributed by atoms with Gasteiger partial charge in [-0.3, -0.25) is 0 Å². The SMILES string of the molecule is C/C1=C(/c2cccc(C#N)c2)N=C(c2ccc(-c3cccc4c3C(C)(C)c3ccccc3C43c4ccccc4-c4ccccc43)cc2)N=C(c2ccccc2)CC1. The summed E-state index contributed by atoms with van der Waals surface area (Å²) in [6, 6.07) is 63.4. The van der Waals surface area contributed by atoms with Crippen LogP contribution in [0.15, 0.2) is 185 Å². The van der Waals surface area contributed by atoms with Gasteiger partial charge in [0.1, 0.15) is 0 Å². The second-order valence-corrected chi connectivity index (χ2v) is 16.0. The van der Waals surface area contributed by atoms with Crippen LogP contribution in [0.1, 0.15) is 89.2 Å². The maximum Gasteiger partial charge on any atom is 0.160 e. The van der Waals surface area contributed by atoms with E-state index in [0.29, 0.717) is 11.4 Å². The van der Waals surface area contributed by atoms with E-state index in [2.05, 4.69) is 166 Å². The first kappa shape index (κ1) is 34.6. The van der Waals surface area contributed by atoms with Crippen molar-refractivity contribution in [3.8, 4) is 28.3 Å². The highest BCUT2D eigenvalue weighted by Gasteiger charge is 2.53. The van der Waals surface area contributed by atoms with Crippen LogP contribution >= 0.6 is 0 Å². The highest BCUT2D eigenvalue weighted by atomic mass is 14.9. The maximum atomic E-state index is 9.72. The Hall–Kier alpha value is -6.89. The Morgan fingerprint density at radius 3 is 1.75 bits per heavy atom. The summed E-state index contributed by atoms with van der Waals surface area (Å²) in [6.07, 6.45) is 1.61. The average molecular weight is 732 g/mol. The molecule has 272 valence electrons. The molecule has 1 spiro atoms. The van der Waals surface area contributed by atoms with Crippen molar-refractivity contribution in [2.45, 2.75) is 44.4 Å². The van der Waals surface area contributed by atoms with Crippen molar-refractivity contribution >= 4 is 17.2 Å². The topological polar surface area (TPSA) is 48.5 Å². The summed E-state index contributed by atoms with van der Waals surface area (Å²) < 4.78 is 0. The molecule has 0 atom stereocenters. The fraction of sp³-hybridized carbons (Fsp3) is 0.130. The Morgan fingerprint density at radius 2 is 1.05 bits per heavy atom. The third-order valence-corrected chi connectivity index (χ3v) is 12.5. The Bertz CT molecular complexity index is 2840. The van der Waals surface area contributed by atoms with Gasteiger partial charge in [0.2, 0.25) is 0 Å². The lowest BCUT2D eigenvalue weighted by Crippen LogP contribution is -2.41. The van der Waals surface area contributed by atoms with Crippen LogP contribution in [0.5, 0.6) is 0 Å². The van der Waals surface area contributed by atoms with Gasteiger partial charge in [-0.2, -0.15) is 5.26 Å². The fourth-order valence-corrected chi connectivity index (χ4v) is 9.88. The van der Waals surface area contributed by atoms with Gasteiger partial charge in [-0.15, -0.1) is 0 Å². The van der Waals surface area contributed by atoms with Crippen molar-refractivity contribution in [3.63, 3.8) is 0 Å². The van der Waals surface area contributed by atoms with Crippen molar-refractivity contribution in [2.75, 3.05) is 0 Å². The van der Waals surface area contributed by atoms with Gasteiger partial charge in [-0.25, -0.2) is 9.98 Å². The van der Waals surface area contributed by atoms with E-state index in [-0.39, 0.29) is 5.41 Å². The molecular formula is C54H41N3. The van der Waals surface area contributed by atoms with E-state index < -0.39 is 5.41 Å². The normalized spacial score (nSPS) is 17.2. The Balaban J connectivity index is 1.16. The first-order valence-corrected chi connectivity index (χ1v) is 19.9. The predicted molar refractivity (Wildman–Crippen MR) is 234 cm³/mol. The van der Waals surface area contributed by atoms with Crippen molar-refractivity contribution in [2.24, 2.45) is 9.98 Å². The molecule has 0 saturated heterocycles. The average Bonchev–Trinajstić information content (AvgIpc) is 3.56. The molecule has 3 heteroatoms. The molecule has 0 fully saturated rings. The molecule has 57 heavy (non-hydrogen) atoms. The number of rotatable bonds is 4. The third kappa shape index (κ3) is 5.32. The van der Waals surface area contributed by atoms with E-state index in [1.807, 2.05) is 30.3 Å². The fourth-order valence-electron chi connectivity index (χ4n) is 9.88. The summed E-state index contributed by atoms with van der Waals surface area (Å²) in [5.41, 5.74) is 19.1. The zero-order chi connectivity index (χ0) is 38.7. The van der Waals surface area contributed by atoms with Gasteiger partial charge in [0, 0.05) is 16.5 Å². The number of aliphatic imine (C=N–C) groups is 2. The first-order valence-electron chi connectivity index (χ1n) is 19.9. The zero-order valence-corrected chi connectivity index (χ0v) is 32.4. The van der Waals surface area contributed by atoms with Crippen molar-refractivity contribution < 1.29 is 0 Å². The number of nitrogens with zero attached hydrogens (tertiary/aromatic N) is 3. The minimum atomic E-state index is -0.440. The number of amidine groups is 1. The highest BCUT2D eigenvalue weighted by Crippen LogP contribution is 2.63. The van der Waals surface area contributed by atoms with Crippen LogP contribution in [0, 0.1) is 11.3 Å². The van der Waals surface area contributed by atoms with Gasteiger partial charge in [0.25, 0.3) is 0 Å².